The van der Waals surface area contributed by atoms with E-state index < -0.39 is 0 Å². The van der Waals surface area contributed by atoms with E-state index in [9.17, 15) is 5.11 Å². The number of aromatic hydroxyl groups is 1. The minimum Gasteiger partial charge on any atom is -0.506 e. The average Bonchev–Trinajstić information content (AvgIpc) is 3.09. The monoisotopic (exact) mass is 309 g/mol. The van der Waals surface area contributed by atoms with Crippen molar-refractivity contribution in [3.05, 3.63) is 27.2 Å². The van der Waals surface area contributed by atoms with E-state index in [0.29, 0.717) is 5.75 Å². The van der Waals surface area contributed by atoms with E-state index in [1.807, 2.05) is 0 Å². The molecule has 3 rings (SSSR count). The van der Waals surface area contributed by atoms with Crippen molar-refractivity contribution in [2.45, 2.75) is 56.9 Å². The Bertz CT molecular complexity index is 480. The molecule has 2 aliphatic carbocycles. The number of halogens is 1. The molecule has 0 atom stereocenters. The van der Waals surface area contributed by atoms with E-state index in [-0.39, 0.29) is 5.54 Å². The number of benzene rings is 1. The molecule has 3 N–H and O–H groups in total. The van der Waals surface area contributed by atoms with Gasteiger partial charge in [-0.05, 0) is 78.1 Å². The first-order valence-corrected chi connectivity index (χ1v) is 7.69. The predicted octanol–water partition coefficient (Wildman–Crippen LogP) is 3.46. The quantitative estimate of drug-likeness (QED) is 0.822. The highest BCUT2D eigenvalue weighted by molar-refractivity contribution is 9.10. The van der Waals surface area contributed by atoms with Crippen LogP contribution in [0.5, 0.6) is 5.75 Å². The van der Waals surface area contributed by atoms with Crippen molar-refractivity contribution in [1.82, 2.24) is 0 Å². The van der Waals surface area contributed by atoms with Gasteiger partial charge in [0.2, 0.25) is 0 Å². The molecular weight excluding hydrogens is 290 g/mol. The number of phenolic OH excluding ortho intramolecular Hbond substituents is 1. The van der Waals surface area contributed by atoms with Gasteiger partial charge in [0, 0.05) is 11.1 Å². The van der Waals surface area contributed by atoms with Crippen LogP contribution >= 0.6 is 15.9 Å². The van der Waals surface area contributed by atoms with E-state index in [0.717, 1.165) is 42.1 Å². The molecular formula is C15H20BrNO. The summed E-state index contributed by atoms with van der Waals surface area (Å²) in [6.07, 6.45) is 9.04. The van der Waals surface area contributed by atoms with Gasteiger partial charge in [-0.3, -0.25) is 0 Å². The molecule has 2 nitrogen and oxygen atoms in total. The SMILES string of the molecule is NC1(Cc2c(O)c(Br)cc3c2CCCCC3)CC1. The number of nitrogens with two attached hydrogens (primary N) is 1. The lowest BCUT2D eigenvalue weighted by Crippen LogP contribution is -2.25. The summed E-state index contributed by atoms with van der Waals surface area (Å²) in [4.78, 5) is 0. The van der Waals surface area contributed by atoms with Gasteiger partial charge in [0.25, 0.3) is 0 Å². The zero-order chi connectivity index (χ0) is 12.8. The lowest BCUT2D eigenvalue weighted by molar-refractivity contribution is 0.458. The molecule has 0 aliphatic heterocycles. The van der Waals surface area contributed by atoms with Crippen molar-refractivity contribution in [1.29, 1.82) is 0 Å². The van der Waals surface area contributed by atoms with Crippen LogP contribution in [0.2, 0.25) is 0 Å². The van der Waals surface area contributed by atoms with E-state index in [4.69, 9.17) is 5.73 Å². The Labute approximate surface area is 117 Å². The normalized spacial score (nSPS) is 21.2. The average molecular weight is 310 g/mol. The Hall–Kier alpha value is -0.540. The molecule has 0 radical (unpaired) electrons. The fourth-order valence-electron chi connectivity index (χ4n) is 3.00. The van der Waals surface area contributed by atoms with Crippen molar-refractivity contribution in [2.75, 3.05) is 0 Å². The Morgan fingerprint density at radius 1 is 1.22 bits per heavy atom. The number of hydrogen-bond acceptors (Lipinski definition) is 2. The molecule has 0 amide bonds. The van der Waals surface area contributed by atoms with Crippen LogP contribution in [-0.2, 0) is 19.3 Å². The highest BCUT2D eigenvalue weighted by atomic mass is 79.9. The van der Waals surface area contributed by atoms with Crippen molar-refractivity contribution >= 4 is 15.9 Å². The predicted molar refractivity (Wildman–Crippen MR) is 76.9 cm³/mol. The maximum Gasteiger partial charge on any atom is 0.133 e. The number of rotatable bonds is 2. The van der Waals surface area contributed by atoms with Gasteiger partial charge in [0.05, 0.1) is 4.47 Å². The van der Waals surface area contributed by atoms with Crippen LogP contribution in [0.15, 0.2) is 10.5 Å². The Morgan fingerprint density at radius 3 is 2.67 bits per heavy atom. The summed E-state index contributed by atoms with van der Waals surface area (Å²) in [5.74, 6) is 0.423. The first kappa shape index (κ1) is 12.5. The number of phenols is 1. The minimum atomic E-state index is -0.0433. The molecule has 1 fully saturated rings. The van der Waals surface area contributed by atoms with Gasteiger partial charge in [-0.25, -0.2) is 0 Å². The standard InChI is InChI=1S/C15H20BrNO/c16-13-8-10-4-2-1-3-5-11(10)12(14(13)18)9-15(17)6-7-15/h8,18H,1-7,9,17H2. The molecule has 0 spiro atoms. The molecule has 1 aromatic rings. The van der Waals surface area contributed by atoms with Gasteiger partial charge >= 0.3 is 0 Å². The Morgan fingerprint density at radius 2 is 1.94 bits per heavy atom. The smallest absolute Gasteiger partial charge is 0.133 e. The summed E-state index contributed by atoms with van der Waals surface area (Å²) in [5, 5.41) is 10.3. The third kappa shape index (κ3) is 2.30. The van der Waals surface area contributed by atoms with Crippen molar-refractivity contribution in [3.63, 3.8) is 0 Å². The number of aryl methyl sites for hydroxylation is 1. The molecule has 0 heterocycles. The molecule has 0 saturated heterocycles. The molecule has 0 bridgehead atoms. The molecule has 0 unspecified atom stereocenters. The van der Waals surface area contributed by atoms with Gasteiger partial charge in [-0.1, -0.05) is 6.42 Å². The van der Waals surface area contributed by atoms with Crippen LogP contribution in [0.1, 0.15) is 48.8 Å². The second kappa shape index (κ2) is 4.53. The van der Waals surface area contributed by atoms with Gasteiger partial charge in [-0.15, -0.1) is 0 Å². The van der Waals surface area contributed by atoms with E-state index in [1.54, 1.807) is 0 Å². The fourth-order valence-corrected chi connectivity index (χ4v) is 3.51. The summed E-state index contributed by atoms with van der Waals surface area (Å²) in [6, 6.07) is 2.11. The van der Waals surface area contributed by atoms with Gasteiger partial charge in [0.1, 0.15) is 5.75 Å². The topological polar surface area (TPSA) is 46.2 Å². The summed E-state index contributed by atoms with van der Waals surface area (Å²) >= 11 is 3.49. The lowest BCUT2D eigenvalue weighted by atomic mass is 9.91. The minimum absolute atomic E-state index is 0.0433. The van der Waals surface area contributed by atoms with Crippen molar-refractivity contribution < 1.29 is 5.11 Å². The highest BCUT2D eigenvalue weighted by Gasteiger charge is 2.39. The van der Waals surface area contributed by atoms with E-state index >= 15 is 0 Å². The van der Waals surface area contributed by atoms with Crippen LogP contribution in [0.25, 0.3) is 0 Å². The number of fused-ring (bicyclic) bond motifs is 1. The first-order valence-electron chi connectivity index (χ1n) is 6.90. The molecule has 0 aromatic heterocycles. The van der Waals surface area contributed by atoms with E-state index in [1.165, 1.54) is 30.4 Å². The summed E-state index contributed by atoms with van der Waals surface area (Å²) < 4.78 is 0.836. The molecule has 3 heteroatoms. The van der Waals surface area contributed by atoms with Gasteiger partial charge in [0.15, 0.2) is 0 Å². The fraction of sp³-hybridized carbons (Fsp3) is 0.600. The largest absolute Gasteiger partial charge is 0.506 e. The molecule has 18 heavy (non-hydrogen) atoms. The van der Waals surface area contributed by atoms with Crippen LogP contribution in [0.4, 0.5) is 0 Å². The maximum atomic E-state index is 10.3. The second-order valence-electron chi connectivity index (χ2n) is 5.92. The Kier molecular flexibility index (Phi) is 3.15. The summed E-state index contributed by atoms with van der Waals surface area (Å²) in [7, 11) is 0. The second-order valence-corrected chi connectivity index (χ2v) is 6.78. The van der Waals surface area contributed by atoms with Gasteiger partial charge in [-0.2, -0.15) is 0 Å². The van der Waals surface area contributed by atoms with Crippen molar-refractivity contribution in [3.8, 4) is 5.75 Å². The number of hydrogen-bond donors (Lipinski definition) is 2. The summed E-state index contributed by atoms with van der Waals surface area (Å²) in [6.45, 7) is 0. The molecule has 1 saturated carbocycles. The molecule has 2 aliphatic rings. The zero-order valence-electron chi connectivity index (χ0n) is 10.6. The van der Waals surface area contributed by atoms with Crippen LogP contribution in [0, 0.1) is 0 Å². The maximum absolute atomic E-state index is 10.3. The Balaban J connectivity index is 2.05. The van der Waals surface area contributed by atoms with Crippen LogP contribution in [-0.4, -0.2) is 10.6 Å². The summed E-state index contributed by atoms with van der Waals surface area (Å²) in [5.41, 5.74) is 10.1. The van der Waals surface area contributed by atoms with Gasteiger partial charge < -0.3 is 10.8 Å². The van der Waals surface area contributed by atoms with Crippen LogP contribution in [0.3, 0.4) is 0 Å². The van der Waals surface area contributed by atoms with Crippen molar-refractivity contribution in [2.24, 2.45) is 5.73 Å². The highest BCUT2D eigenvalue weighted by Crippen LogP contribution is 2.43. The van der Waals surface area contributed by atoms with E-state index in [2.05, 4.69) is 22.0 Å². The molecule has 98 valence electrons. The zero-order valence-corrected chi connectivity index (χ0v) is 12.2. The van der Waals surface area contributed by atoms with Crippen LogP contribution < -0.4 is 5.73 Å². The third-order valence-corrected chi connectivity index (χ3v) is 4.96. The molecule has 1 aromatic carbocycles. The third-order valence-electron chi connectivity index (χ3n) is 4.36. The lowest BCUT2D eigenvalue weighted by Gasteiger charge is -2.18. The first-order chi connectivity index (χ1) is 8.59.